The number of aryl methyl sites for hydroxylation is 1. The topological polar surface area (TPSA) is 91.6 Å². The monoisotopic (exact) mass is 427 g/mol. The molecule has 0 unspecified atom stereocenters. The Hall–Kier alpha value is -4.39. The van der Waals surface area contributed by atoms with Crippen molar-refractivity contribution in [2.24, 2.45) is 7.05 Å². The Bertz CT molecular complexity index is 1380. The van der Waals surface area contributed by atoms with E-state index in [2.05, 4.69) is 5.32 Å². The Morgan fingerprint density at radius 3 is 2.22 bits per heavy atom. The zero-order valence-corrected chi connectivity index (χ0v) is 17.6. The first-order valence-electron chi connectivity index (χ1n) is 9.93. The lowest BCUT2D eigenvalue weighted by atomic mass is 10.1. The van der Waals surface area contributed by atoms with Crippen LogP contribution in [0.1, 0.15) is 20.7 Å². The Balaban J connectivity index is 1.77. The largest absolute Gasteiger partial charge is 0.506 e. The molecule has 1 heterocycles. The molecular formula is C25H21N3O4. The summed E-state index contributed by atoms with van der Waals surface area (Å²) in [4.78, 5) is 39.8. The van der Waals surface area contributed by atoms with E-state index in [9.17, 15) is 19.5 Å². The summed E-state index contributed by atoms with van der Waals surface area (Å²) in [7, 11) is 3.07. The molecule has 0 aliphatic carbocycles. The second-order valence-corrected chi connectivity index (χ2v) is 7.34. The highest BCUT2D eigenvalue weighted by atomic mass is 16.3. The average molecular weight is 427 g/mol. The number of hydrogen-bond acceptors (Lipinski definition) is 4. The van der Waals surface area contributed by atoms with Crippen LogP contribution in [-0.2, 0) is 7.05 Å². The second-order valence-electron chi connectivity index (χ2n) is 7.34. The quantitative estimate of drug-likeness (QED) is 0.519. The Morgan fingerprint density at radius 1 is 0.938 bits per heavy atom. The van der Waals surface area contributed by atoms with Gasteiger partial charge in [-0.05, 0) is 42.5 Å². The van der Waals surface area contributed by atoms with Crippen LogP contribution in [0.2, 0.25) is 0 Å². The minimum Gasteiger partial charge on any atom is -0.506 e. The summed E-state index contributed by atoms with van der Waals surface area (Å²) in [5, 5.41) is 14.0. The average Bonchev–Trinajstić information content (AvgIpc) is 2.83. The highest BCUT2D eigenvalue weighted by Gasteiger charge is 2.25. The number of para-hydroxylation sites is 1. The number of aromatic nitrogens is 1. The SMILES string of the molecule is CN(C(=O)c1c(O)c2cc(NC(=O)c3ccccc3)ccc2n(C)c1=O)c1ccccc1. The van der Waals surface area contributed by atoms with Gasteiger partial charge in [-0.25, -0.2) is 0 Å². The van der Waals surface area contributed by atoms with Crippen LogP contribution >= 0.6 is 0 Å². The molecule has 32 heavy (non-hydrogen) atoms. The summed E-state index contributed by atoms with van der Waals surface area (Å²) in [6.45, 7) is 0. The molecule has 0 bridgehead atoms. The Labute approximate surface area is 184 Å². The lowest BCUT2D eigenvalue weighted by Gasteiger charge is -2.19. The van der Waals surface area contributed by atoms with Gasteiger partial charge >= 0.3 is 0 Å². The normalized spacial score (nSPS) is 10.7. The van der Waals surface area contributed by atoms with Crippen molar-refractivity contribution >= 4 is 34.1 Å². The van der Waals surface area contributed by atoms with Crippen LogP contribution in [0.3, 0.4) is 0 Å². The number of anilines is 2. The predicted molar refractivity (Wildman–Crippen MR) is 124 cm³/mol. The van der Waals surface area contributed by atoms with E-state index in [0.29, 0.717) is 22.5 Å². The van der Waals surface area contributed by atoms with Gasteiger partial charge in [0.05, 0.1) is 5.52 Å². The predicted octanol–water partition coefficient (Wildman–Crippen LogP) is 3.77. The van der Waals surface area contributed by atoms with E-state index in [1.807, 2.05) is 12.1 Å². The van der Waals surface area contributed by atoms with Gasteiger partial charge in [-0.2, -0.15) is 0 Å². The van der Waals surface area contributed by atoms with Crippen LogP contribution in [0, 0.1) is 0 Å². The molecule has 0 atom stereocenters. The molecule has 2 amide bonds. The fraction of sp³-hybridized carbons (Fsp3) is 0.0800. The number of amides is 2. The number of hydrogen-bond donors (Lipinski definition) is 2. The minimum absolute atomic E-state index is 0.280. The van der Waals surface area contributed by atoms with Crippen LogP contribution in [0.5, 0.6) is 5.75 Å². The van der Waals surface area contributed by atoms with Gasteiger partial charge < -0.3 is 19.9 Å². The van der Waals surface area contributed by atoms with Crippen molar-refractivity contribution in [2.45, 2.75) is 0 Å². The molecule has 160 valence electrons. The molecule has 0 spiro atoms. The van der Waals surface area contributed by atoms with E-state index in [4.69, 9.17) is 0 Å². The highest BCUT2D eigenvalue weighted by molar-refractivity contribution is 6.11. The molecule has 1 aromatic heterocycles. The van der Waals surface area contributed by atoms with Crippen molar-refractivity contribution in [3.05, 3.63) is 100 Å². The smallest absolute Gasteiger partial charge is 0.267 e. The van der Waals surface area contributed by atoms with Crippen molar-refractivity contribution in [1.29, 1.82) is 0 Å². The number of nitrogens with one attached hydrogen (secondary N) is 1. The zero-order chi connectivity index (χ0) is 22.8. The molecule has 7 nitrogen and oxygen atoms in total. The van der Waals surface area contributed by atoms with Crippen molar-refractivity contribution in [3.8, 4) is 5.75 Å². The first kappa shape index (κ1) is 20.9. The van der Waals surface area contributed by atoms with Crippen molar-refractivity contribution in [1.82, 2.24) is 4.57 Å². The van der Waals surface area contributed by atoms with E-state index in [1.54, 1.807) is 66.7 Å². The van der Waals surface area contributed by atoms with Crippen molar-refractivity contribution in [2.75, 3.05) is 17.3 Å². The standard InChI is InChI=1S/C25H21N3O4/c1-27(18-11-7-4-8-12-18)24(31)21-22(29)19-15-17(13-14-20(19)28(2)25(21)32)26-23(30)16-9-5-3-6-10-16/h3-15,29H,1-2H3,(H,26,30). The third-order valence-corrected chi connectivity index (χ3v) is 5.32. The first-order chi connectivity index (χ1) is 15.4. The molecule has 0 saturated carbocycles. The van der Waals surface area contributed by atoms with Crippen molar-refractivity contribution in [3.63, 3.8) is 0 Å². The van der Waals surface area contributed by atoms with Crippen LogP contribution in [0.25, 0.3) is 10.9 Å². The summed E-state index contributed by atoms with van der Waals surface area (Å²) < 4.78 is 1.31. The summed E-state index contributed by atoms with van der Waals surface area (Å²) in [6, 6.07) is 22.4. The van der Waals surface area contributed by atoms with Gasteiger partial charge in [0.1, 0.15) is 11.3 Å². The third-order valence-electron chi connectivity index (χ3n) is 5.32. The van der Waals surface area contributed by atoms with Gasteiger partial charge in [0.15, 0.2) is 0 Å². The molecule has 4 rings (SSSR count). The lowest BCUT2D eigenvalue weighted by Crippen LogP contribution is -2.34. The first-order valence-corrected chi connectivity index (χ1v) is 9.93. The summed E-state index contributed by atoms with van der Waals surface area (Å²) >= 11 is 0. The molecule has 0 fully saturated rings. The number of pyridine rings is 1. The van der Waals surface area contributed by atoms with E-state index in [0.717, 1.165) is 0 Å². The number of fused-ring (bicyclic) bond motifs is 1. The van der Waals surface area contributed by atoms with Gasteiger partial charge in [-0.3, -0.25) is 14.4 Å². The van der Waals surface area contributed by atoms with Gasteiger partial charge in [0.2, 0.25) is 0 Å². The molecule has 3 aromatic carbocycles. The molecule has 0 saturated heterocycles. The number of aromatic hydroxyl groups is 1. The number of rotatable bonds is 4. The maximum absolute atomic E-state index is 13.1. The molecule has 0 radical (unpaired) electrons. The van der Waals surface area contributed by atoms with Gasteiger partial charge in [-0.1, -0.05) is 36.4 Å². The van der Waals surface area contributed by atoms with Crippen LogP contribution in [-0.4, -0.2) is 28.5 Å². The molecule has 0 aliphatic rings. The summed E-state index contributed by atoms with van der Waals surface area (Å²) in [5.41, 5.74) is 0.988. The van der Waals surface area contributed by atoms with E-state index in [-0.39, 0.29) is 16.9 Å². The van der Waals surface area contributed by atoms with Gasteiger partial charge in [-0.15, -0.1) is 0 Å². The number of carbonyl (C=O) groups excluding carboxylic acids is 2. The second kappa shape index (κ2) is 8.39. The third kappa shape index (κ3) is 3.72. The van der Waals surface area contributed by atoms with Gasteiger partial charge in [0, 0.05) is 36.4 Å². The fourth-order valence-electron chi connectivity index (χ4n) is 3.53. The van der Waals surface area contributed by atoms with Crippen LogP contribution in [0.15, 0.2) is 83.7 Å². The number of benzene rings is 3. The van der Waals surface area contributed by atoms with Crippen LogP contribution < -0.4 is 15.8 Å². The Kier molecular flexibility index (Phi) is 5.47. The van der Waals surface area contributed by atoms with E-state index in [1.165, 1.54) is 23.6 Å². The fourth-order valence-corrected chi connectivity index (χ4v) is 3.53. The molecule has 2 N–H and O–H groups in total. The summed E-state index contributed by atoms with van der Waals surface area (Å²) in [5.74, 6) is -1.36. The minimum atomic E-state index is -0.630. The van der Waals surface area contributed by atoms with Crippen molar-refractivity contribution < 1.29 is 14.7 Å². The Morgan fingerprint density at radius 2 is 1.56 bits per heavy atom. The highest BCUT2D eigenvalue weighted by Crippen LogP contribution is 2.30. The molecular weight excluding hydrogens is 406 g/mol. The summed E-state index contributed by atoms with van der Waals surface area (Å²) in [6.07, 6.45) is 0. The number of carbonyl (C=O) groups is 2. The van der Waals surface area contributed by atoms with E-state index >= 15 is 0 Å². The molecule has 0 aliphatic heterocycles. The maximum Gasteiger partial charge on any atom is 0.267 e. The van der Waals surface area contributed by atoms with Crippen LogP contribution in [0.4, 0.5) is 11.4 Å². The van der Waals surface area contributed by atoms with E-state index < -0.39 is 17.2 Å². The molecule has 7 heteroatoms. The lowest BCUT2D eigenvalue weighted by molar-refractivity contribution is 0.0986. The zero-order valence-electron chi connectivity index (χ0n) is 17.6. The number of nitrogens with zero attached hydrogens (tertiary/aromatic N) is 2. The van der Waals surface area contributed by atoms with Gasteiger partial charge in [0.25, 0.3) is 17.4 Å². The maximum atomic E-state index is 13.1. The molecule has 4 aromatic rings.